The van der Waals surface area contributed by atoms with Crippen LogP contribution in [0.25, 0.3) is 0 Å². The maximum Gasteiger partial charge on any atom is 0.0689 e. The minimum absolute atomic E-state index is 0.414. The van der Waals surface area contributed by atoms with Crippen LogP contribution in [0.15, 0.2) is 0 Å². The Morgan fingerprint density at radius 2 is 2.50 bits per heavy atom. The lowest BCUT2D eigenvalue weighted by Crippen LogP contribution is -2.15. The van der Waals surface area contributed by atoms with E-state index in [0.29, 0.717) is 11.4 Å². The first-order chi connectivity index (χ1) is 3.80. The van der Waals surface area contributed by atoms with Crippen LogP contribution in [0.2, 0.25) is 0 Å². The summed E-state index contributed by atoms with van der Waals surface area (Å²) < 4.78 is 5.34. The second kappa shape index (κ2) is 2.74. The Kier molecular flexibility index (Phi) is 2.20. The van der Waals surface area contributed by atoms with Crippen LogP contribution in [-0.4, -0.2) is 18.0 Å². The van der Waals surface area contributed by atoms with Crippen LogP contribution in [0.5, 0.6) is 0 Å². The molecule has 0 aromatic rings. The number of thiol groups is 1. The summed E-state index contributed by atoms with van der Waals surface area (Å²) in [6.45, 7) is 3.02. The maximum atomic E-state index is 5.34. The zero-order valence-electron chi connectivity index (χ0n) is 5.13. The molecule has 1 rings (SSSR count). The molecule has 0 bridgehead atoms. The van der Waals surface area contributed by atoms with Gasteiger partial charge in [0.15, 0.2) is 0 Å². The molecule has 0 aromatic carbocycles. The van der Waals surface area contributed by atoms with Crippen molar-refractivity contribution in [1.29, 1.82) is 0 Å². The molecule has 48 valence electrons. The molecule has 1 unspecified atom stereocenters. The minimum atomic E-state index is 0.414. The molecule has 2 heteroatoms. The minimum Gasteiger partial charge on any atom is -0.377 e. The first-order valence-electron chi connectivity index (χ1n) is 3.10. The number of ether oxygens (including phenoxy) is 1. The van der Waals surface area contributed by atoms with Gasteiger partial charge in [-0.1, -0.05) is 6.92 Å². The molecule has 1 saturated heterocycles. The predicted molar refractivity (Wildman–Crippen MR) is 37.4 cm³/mol. The predicted octanol–water partition coefficient (Wildman–Crippen LogP) is 1.48. The second-order valence-electron chi connectivity index (χ2n) is 2.29. The summed E-state index contributed by atoms with van der Waals surface area (Å²) in [5, 5.41) is 0.414. The molecule has 0 spiro atoms. The molecule has 0 aliphatic carbocycles. The molecule has 1 aliphatic rings. The van der Waals surface area contributed by atoms with Crippen molar-refractivity contribution in [3.8, 4) is 0 Å². The highest BCUT2D eigenvalue weighted by molar-refractivity contribution is 7.81. The summed E-state index contributed by atoms with van der Waals surface area (Å²) in [7, 11) is 0. The molecular weight excluding hydrogens is 120 g/mol. The maximum absolute atomic E-state index is 5.34. The second-order valence-corrected chi connectivity index (χ2v) is 3.11. The van der Waals surface area contributed by atoms with E-state index in [-0.39, 0.29) is 0 Å². The standard InChI is InChI=1S/C6H12OS/c1-5(8)6-3-2-4-7-6/h5-6,8H,2-4H2,1H3/t5-,6?/m1/s1. The Bertz CT molecular complexity index is 66.9. The van der Waals surface area contributed by atoms with Gasteiger partial charge in [0.2, 0.25) is 0 Å². The molecule has 0 amide bonds. The lowest BCUT2D eigenvalue weighted by atomic mass is 10.2. The normalized spacial score (nSPS) is 33.0. The Morgan fingerprint density at radius 3 is 2.75 bits per heavy atom. The van der Waals surface area contributed by atoms with Gasteiger partial charge in [-0.3, -0.25) is 0 Å². The van der Waals surface area contributed by atoms with Gasteiger partial charge < -0.3 is 4.74 Å². The van der Waals surface area contributed by atoms with E-state index in [9.17, 15) is 0 Å². The smallest absolute Gasteiger partial charge is 0.0689 e. The Balaban J connectivity index is 2.24. The van der Waals surface area contributed by atoms with Crippen LogP contribution in [0.4, 0.5) is 0 Å². The van der Waals surface area contributed by atoms with Crippen molar-refractivity contribution in [2.45, 2.75) is 31.1 Å². The first-order valence-corrected chi connectivity index (χ1v) is 3.62. The van der Waals surface area contributed by atoms with Crippen LogP contribution in [0.1, 0.15) is 19.8 Å². The molecule has 1 fully saturated rings. The highest BCUT2D eigenvalue weighted by atomic mass is 32.1. The Hall–Kier alpha value is 0.310. The van der Waals surface area contributed by atoms with Crippen LogP contribution in [0.3, 0.4) is 0 Å². The topological polar surface area (TPSA) is 9.23 Å². The van der Waals surface area contributed by atoms with Crippen LogP contribution < -0.4 is 0 Å². The van der Waals surface area contributed by atoms with Crippen molar-refractivity contribution < 1.29 is 4.74 Å². The van der Waals surface area contributed by atoms with E-state index in [2.05, 4.69) is 19.6 Å². The van der Waals surface area contributed by atoms with Crippen molar-refractivity contribution in [2.75, 3.05) is 6.61 Å². The lowest BCUT2D eigenvalue weighted by molar-refractivity contribution is 0.113. The van der Waals surface area contributed by atoms with Crippen molar-refractivity contribution in [3.05, 3.63) is 0 Å². The van der Waals surface area contributed by atoms with Gasteiger partial charge in [-0.15, -0.1) is 0 Å². The van der Waals surface area contributed by atoms with Crippen molar-refractivity contribution in [1.82, 2.24) is 0 Å². The largest absolute Gasteiger partial charge is 0.377 e. The van der Waals surface area contributed by atoms with Gasteiger partial charge in [0.05, 0.1) is 6.10 Å². The van der Waals surface area contributed by atoms with Gasteiger partial charge in [-0.25, -0.2) is 0 Å². The monoisotopic (exact) mass is 132 g/mol. The molecule has 8 heavy (non-hydrogen) atoms. The van der Waals surface area contributed by atoms with Crippen molar-refractivity contribution in [2.24, 2.45) is 0 Å². The zero-order valence-corrected chi connectivity index (χ0v) is 6.03. The van der Waals surface area contributed by atoms with E-state index in [4.69, 9.17) is 4.74 Å². The quantitative estimate of drug-likeness (QED) is 0.532. The highest BCUT2D eigenvalue weighted by Gasteiger charge is 2.18. The molecular formula is C6H12OS. The highest BCUT2D eigenvalue weighted by Crippen LogP contribution is 2.18. The van der Waals surface area contributed by atoms with Gasteiger partial charge in [0.1, 0.15) is 0 Å². The average molecular weight is 132 g/mol. The third-order valence-electron chi connectivity index (χ3n) is 1.50. The van der Waals surface area contributed by atoms with Crippen LogP contribution in [-0.2, 0) is 4.74 Å². The van der Waals surface area contributed by atoms with Crippen LogP contribution in [0, 0.1) is 0 Å². The fourth-order valence-electron chi connectivity index (χ4n) is 0.983. The van der Waals surface area contributed by atoms with E-state index < -0.39 is 0 Å². The molecule has 1 aliphatic heterocycles. The van der Waals surface area contributed by atoms with Gasteiger partial charge in [0, 0.05) is 11.9 Å². The van der Waals surface area contributed by atoms with Gasteiger partial charge in [-0.05, 0) is 12.8 Å². The summed E-state index contributed by atoms with van der Waals surface area (Å²) in [5.74, 6) is 0. The third kappa shape index (κ3) is 1.39. The molecule has 1 heterocycles. The van der Waals surface area contributed by atoms with E-state index in [1.807, 2.05) is 0 Å². The van der Waals surface area contributed by atoms with E-state index >= 15 is 0 Å². The summed E-state index contributed by atoms with van der Waals surface area (Å²) in [6.07, 6.45) is 2.85. The summed E-state index contributed by atoms with van der Waals surface area (Å²) in [4.78, 5) is 0. The zero-order chi connectivity index (χ0) is 5.98. The van der Waals surface area contributed by atoms with E-state index in [1.165, 1.54) is 12.8 Å². The summed E-state index contributed by atoms with van der Waals surface area (Å²) in [6, 6.07) is 0. The Labute approximate surface area is 55.8 Å². The van der Waals surface area contributed by atoms with E-state index in [1.54, 1.807) is 0 Å². The fraction of sp³-hybridized carbons (Fsp3) is 1.00. The van der Waals surface area contributed by atoms with Gasteiger partial charge >= 0.3 is 0 Å². The third-order valence-corrected chi connectivity index (χ3v) is 1.84. The summed E-state index contributed by atoms with van der Waals surface area (Å²) in [5.41, 5.74) is 0. The van der Waals surface area contributed by atoms with Gasteiger partial charge in [0.25, 0.3) is 0 Å². The molecule has 0 radical (unpaired) electrons. The molecule has 2 atom stereocenters. The van der Waals surface area contributed by atoms with E-state index in [0.717, 1.165) is 6.61 Å². The molecule has 0 N–H and O–H groups in total. The molecule has 1 nitrogen and oxygen atoms in total. The van der Waals surface area contributed by atoms with Crippen molar-refractivity contribution >= 4 is 12.6 Å². The van der Waals surface area contributed by atoms with Crippen LogP contribution >= 0.6 is 12.6 Å². The lowest BCUT2D eigenvalue weighted by Gasteiger charge is -2.10. The SMILES string of the molecule is C[C@@H](S)C1CCCO1. The molecule has 0 aromatic heterocycles. The summed E-state index contributed by atoms with van der Waals surface area (Å²) >= 11 is 4.27. The number of hydrogen-bond donors (Lipinski definition) is 1. The Morgan fingerprint density at radius 1 is 1.75 bits per heavy atom. The number of rotatable bonds is 1. The first kappa shape index (κ1) is 6.43. The fourth-order valence-corrected chi connectivity index (χ4v) is 1.22. The average Bonchev–Trinajstić information content (AvgIpc) is 2.12. The van der Waals surface area contributed by atoms with Gasteiger partial charge in [-0.2, -0.15) is 12.6 Å². The van der Waals surface area contributed by atoms with Crippen molar-refractivity contribution in [3.63, 3.8) is 0 Å². The number of hydrogen-bond acceptors (Lipinski definition) is 2. The molecule has 0 saturated carbocycles.